The number of pyridine rings is 1. The largest absolute Gasteiger partial charge is 0.353 e. The van der Waals surface area contributed by atoms with E-state index in [-0.39, 0.29) is 23.3 Å². The third-order valence-electron chi connectivity index (χ3n) is 5.80. The molecule has 29 heavy (non-hydrogen) atoms. The summed E-state index contributed by atoms with van der Waals surface area (Å²) in [4.78, 5) is 35.6. The highest BCUT2D eigenvalue weighted by atomic mass is 19.1. The molecule has 2 amide bonds. The van der Waals surface area contributed by atoms with Gasteiger partial charge in [-0.05, 0) is 37.1 Å². The number of nitrogens with zero attached hydrogens (tertiary/aromatic N) is 4. The number of carbonyl (C=O) groups excluding carboxylic acids is 2. The van der Waals surface area contributed by atoms with Gasteiger partial charge < -0.3 is 14.7 Å². The van der Waals surface area contributed by atoms with Crippen LogP contribution in [0.25, 0.3) is 0 Å². The van der Waals surface area contributed by atoms with E-state index in [0.29, 0.717) is 39.0 Å². The van der Waals surface area contributed by atoms with Crippen molar-refractivity contribution in [3.8, 4) is 0 Å². The molecule has 152 valence electrons. The average Bonchev–Trinajstić information content (AvgIpc) is 2.79. The number of rotatable bonds is 3. The number of amides is 2. The molecule has 0 radical (unpaired) electrons. The summed E-state index contributed by atoms with van der Waals surface area (Å²) >= 11 is 0. The van der Waals surface area contributed by atoms with E-state index in [2.05, 4.69) is 9.88 Å². The van der Waals surface area contributed by atoms with Crippen LogP contribution in [0.5, 0.6) is 0 Å². The highest BCUT2D eigenvalue weighted by molar-refractivity contribution is 5.94. The molecule has 0 N–H and O–H groups in total. The van der Waals surface area contributed by atoms with Gasteiger partial charge in [0.05, 0.1) is 5.56 Å². The molecule has 0 saturated carbocycles. The van der Waals surface area contributed by atoms with Crippen LogP contribution in [0.1, 0.15) is 23.2 Å². The van der Waals surface area contributed by atoms with Crippen LogP contribution in [0, 0.1) is 11.7 Å². The first-order chi connectivity index (χ1) is 14.1. The first-order valence-electron chi connectivity index (χ1n) is 10.1. The van der Waals surface area contributed by atoms with Crippen molar-refractivity contribution in [2.45, 2.75) is 12.8 Å². The molecule has 0 spiro atoms. The van der Waals surface area contributed by atoms with E-state index < -0.39 is 5.82 Å². The molecule has 0 aliphatic carbocycles. The predicted molar refractivity (Wildman–Crippen MR) is 108 cm³/mol. The maximum Gasteiger partial charge on any atom is 0.256 e. The summed E-state index contributed by atoms with van der Waals surface area (Å²) < 4.78 is 13.9. The van der Waals surface area contributed by atoms with Gasteiger partial charge >= 0.3 is 0 Å². The molecule has 2 aliphatic heterocycles. The standard InChI is InChI=1S/C22H25FN4O2/c23-19-6-2-1-5-18(19)22(29)26-11-8-17(9-12-26)21(28)27-15-13-25(14-16-27)20-7-3-4-10-24-20/h1-7,10,17H,8-9,11-16H2. The van der Waals surface area contributed by atoms with Crippen molar-refractivity contribution in [1.29, 1.82) is 0 Å². The summed E-state index contributed by atoms with van der Waals surface area (Å²) in [6.45, 7) is 3.88. The number of hydrogen-bond acceptors (Lipinski definition) is 4. The van der Waals surface area contributed by atoms with E-state index in [4.69, 9.17) is 0 Å². The molecule has 2 aliphatic rings. The Bertz CT molecular complexity index is 860. The first kappa shape index (κ1) is 19.4. The zero-order chi connectivity index (χ0) is 20.2. The number of hydrogen-bond donors (Lipinski definition) is 0. The van der Waals surface area contributed by atoms with Crippen LogP contribution in [0.2, 0.25) is 0 Å². The lowest BCUT2D eigenvalue weighted by Crippen LogP contribution is -2.52. The minimum absolute atomic E-state index is 0.0685. The van der Waals surface area contributed by atoms with Gasteiger partial charge in [-0.2, -0.15) is 0 Å². The maximum atomic E-state index is 13.9. The van der Waals surface area contributed by atoms with Crippen LogP contribution in [0.4, 0.5) is 10.2 Å². The van der Waals surface area contributed by atoms with Crippen molar-refractivity contribution < 1.29 is 14.0 Å². The molecule has 1 aromatic carbocycles. The van der Waals surface area contributed by atoms with Gasteiger partial charge in [0.1, 0.15) is 11.6 Å². The van der Waals surface area contributed by atoms with Crippen LogP contribution in [-0.2, 0) is 4.79 Å². The summed E-state index contributed by atoms with van der Waals surface area (Å²) in [5.41, 5.74) is 0.0999. The molecule has 3 heterocycles. The lowest BCUT2D eigenvalue weighted by molar-refractivity contribution is -0.137. The summed E-state index contributed by atoms with van der Waals surface area (Å²) in [6, 6.07) is 11.9. The van der Waals surface area contributed by atoms with Gasteiger partial charge in [0.2, 0.25) is 5.91 Å². The van der Waals surface area contributed by atoms with Crippen molar-refractivity contribution in [2.75, 3.05) is 44.2 Å². The topological polar surface area (TPSA) is 56.8 Å². The van der Waals surface area contributed by atoms with Crippen molar-refractivity contribution >= 4 is 17.6 Å². The number of likely N-dealkylation sites (tertiary alicyclic amines) is 1. The van der Waals surface area contributed by atoms with E-state index in [1.165, 1.54) is 12.1 Å². The fourth-order valence-electron chi connectivity index (χ4n) is 4.09. The summed E-state index contributed by atoms with van der Waals surface area (Å²) in [6.07, 6.45) is 3.03. The molecule has 2 aromatic rings. The SMILES string of the molecule is O=C(c1ccccc1F)N1CCC(C(=O)N2CCN(c3ccccn3)CC2)CC1. The van der Waals surface area contributed by atoms with E-state index in [1.807, 2.05) is 23.1 Å². The second kappa shape index (κ2) is 8.59. The van der Waals surface area contributed by atoms with E-state index in [9.17, 15) is 14.0 Å². The number of benzene rings is 1. The second-order valence-electron chi connectivity index (χ2n) is 7.55. The quantitative estimate of drug-likeness (QED) is 0.800. The van der Waals surface area contributed by atoms with Crippen LogP contribution in [0.15, 0.2) is 48.7 Å². The zero-order valence-corrected chi connectivity index (χ0v) is 16.3. The normalized spacial score (nSPS) is 18.0. The van der Waals surface area contributed by atoms with Crippen LogP contribution < -0.4 is 4.90 Å². The van der Waals surface area contributed by atoms with Crippen LogP contribution in [0.3, 0.4) is 0 Å². The number of anilines is 1. The summed E-state index contributed by atoms with van der Waals surface area (Å²) in [5, 5.41) is 0. The minimum atomic E-state index is -0.499. The molecule has 4 rings (SSSR count). The predicted octanol–water partition coefficient (Wildman–Crippen LogP) is 2.42. The summed E-state index contributed by atoms with van der Waals surface area (Å²) in [7, 11) is 0. The summed E-state index contributed by atoms with van der Waals surface area (Å²) in [5.74, 6) is 0.253. The molecule has 2 fully saturated rings. The molecule has 0 atom stereocenters. The van der Waals surface area contributed by atoms with Gasteiger partial charge in [-0.15, -0.1) is 0 Å². The van der Waals surface area contributed by atoms with Gasteiger partial charge in [-0.25, -0.2) is 9.37 Å². The third kappa shape index (κ3) is 4.23. The molecule has 0 unspecified atom stereocenters. The van der Waals surface area contributed by atoms with Gasteiger partial charge in [-0.3, -0.25) is 9.59 Å². The number of carbonyl (C=O) groups is 2. The molecular weight excluding hydrogens is 371 g/mol. The Balaban J connectivity index is 1.28. The van der Waals surface area contributed by atoms with Crippen molar-refractivity contribution in [3.05, 3.63) is 60.0 Å². The van der Waals surface area contributed by atoms with Gasteiger partial charge in [0.15, 0.2) is 0 Å². The molecule has 2 saturated heterocycles. The van der Waals surface area contributed by atoms with Gasteiger partial charge in [-0.1, -0.05) is 18.2 Å². The molecule has 7 heteroatoms. The highest BCUT2D eigenvalue weighted by Gasteiger charge is 2.32. The third-order valence-corrected chi connectivity index (χ3v) is 5.80. The van der Waals surface area contributed by atoms with Crippen molar-refractivity contribution in [1.82, 2.24) is 14.8 Å². The Morgan fingerprint density at radius 3 is 2.21 bits per heavy atom. The molecule has 1 aromatic heterocycles. The van der Waals surface area contributed by atoms with Gasteiger partial charge in [0.25, 0.3) is 5.91 Å². The number of aromatic nitrogens is 1. The Labute approximate surface area is 169 Å². The lowest BCUT2D eigenvalue weighted by atomic mass is 9.94. The minimum Gasteiger partial charge on any atom is -0.353 e. The molecule has 6 nitrogen and oxygen atoms in total. The highest BCUT2D eigenvalue weighted by Crippen LogP contribution is 2.23. The van der Waals surface area contributed by atoms with Crippen LogP contribution >= 0.6 is 0 Å². The molecule has 0 bridgehead atoms. The maximum absolute atomic E-state index is 13.9. The Morgan fingerprint density at radius 1 is 0.862 bits per heavy atom. The zero-order valence-electron chi connectivity index (χ0n) is 16.3. The second-order valence-corrected chi connectivity index (χ2v) is 7.55. The first-order valence-corrected chi connectivity index (χ1v) is 10.1. The van der Waals surface area contributed by atoms with E-state index >= 15 is 0 Å². The van der Waals surface area contributed by atoms with Crippen molar-refractivity contribution in [3.63, 3.8) is 0 Å². The monoisotopic (exact) mass is 396 g/mol. The Morgan fingerprint density at radius 2 is 1.55 bits per heavy atom. The average molecular weight is 396 g/mol. The van der Waals surface area contributed by atoms with E-state index in [0.717, 1.165) is 18.9 Å². The fraction of sp³-hybridized carbons (Fsp3) is 0.409. The number of piperidine rings is 1. The van der Waals surface area contributed by atoms with Crippen molar-refractivity contribution in [2.24, 2.45) is 5.92 Å². The fourth-order valence-corrected chi connectivity index (χ4v) is 4.09. The Hall–Kier alpha value is -2.96. The number of piperazine rings is 1. The molecular formula is C22H25FN4O2. The number of halogens is 1. The van der Waals surface area contributed by atoms with Gasteiger partial charge in [0, 0.05) is 51.4 Å². The van der Waals surface area contributed by atoms with E-state index in [1.54, 1.807) is 23.2 Å². The lowest BCUT2D eigenvalue weighted by Gasteiger charge is -2.39. The van der Waals surface area contributed by atoms with Crippen LogP contribution in [-0.4, -0.2) is 65.9 Å². The smallest absolute Gasteiger partial charge is 0.256 e. The Kier molecular flexibility index (Phi) is 5.74.